The van der Waals surface area contributed by atoms with Gasteiger partial charge in [0.1, 0.15) is 17.4 Å². The summed E-state index contributed by atoms with van der Waals surface area (Å²) in [5.41, 5.74) is 0.866. The third-order valence-corrected chi connectivity index (χ3v) is 4.18. The van der Waals surface area contributed by atoms with Crippen LogP contribution in [0.15, 0.2) is 17.8 Å². The van der Waals surface area contributed by atoms with Crippen LogP contribution in [0.3, 0.4) is 0 Å². The van der Waals surface area contributed by atoms with E-state index in [9.17, 15) is 14.9 Å². The Morgan fingerprint density at radius 3 is 2.91 bits per heavy atom. The van der Waals surface area contributed by atoms with Crippen LogP contribution in [0.25, 0.3) is 0 Å². The Bertz CT molecular complexity index is 683. The van der Waals surface area contributed by atoms with Crippen molar-refractivity contribution in [2.24, 2.45) is 0 Å². The van der Waals surface area contributed by atoms with Crippen LogP contribution < -0.4 is 10.6 Å². The first kappa shape index (κ1) is 16.9. The van der Waals surface area contributed by atoms with Gasteiger partial charge in [-0.05, 0) is 13.3 Å². The van der Waals surface area contributed by atoms with E-state index in [1.54, 1.807) is 0 Å². The molecule has 124 valence electrons. The summed E-state index contributed by atoms with van der Waals surface area (Å²) in [6.45, 7) is 4.56. The van der Waals surface area contributed by atoms with Crippen molar-refractivity contribution in [3.8, 4) is 0 Å². The van der Waals surface area contributed by atoms with Gasteiger partial charge in [0.05, 0.1) is 17.5 Å². The Balaban J connectivity index is 1.78. The van der Waals surface area contributed by atoms with Crippen molar-refractivity contribution in [1.82, 2.24) is 25.4 Å². The second kappa shape index (κ2) is 7.68. The van der Waals surface area contributed by atoms with Gasteiger partial charge in [-0.15, -0.1) is 11.3 Å². The van der Waals surface area contributed by atoms with Crippen molar-refractivity contribution >= 4 is 23.1 Å². The highest BCUT2D eigenvalue weighted by molar-refractivity contribution is 7.09. The van der Waals surface area contributed by atoms with Crippen molar-refractivity contribution in [2.75, 3.05) is 6.54 Å². The average molecular weight is 338 g/mol. The van der Waals surface area contributed by atoms with Crippen LogP contribution in [0.1, 0.15) is 30.1 Å². The molecule has 0 saturated carbocycles. The molecule has 0 aliphatic rings. The molecule has 10 heteroatoms. The molecule has 2 N–H and O–H groups in total. The van der Waals surface area contributed by atoms with Crippen molar-refractivity contribution in [3.05, 3.63) is 38.6 Å². The molecule has 23 heavy (non-hydrogen) atoms. The fourth-order valence-electron chi connectivity index (χ4n) is 1.93. The number of hydrogen-bond acceptors (Lipinski definition) is 6. The first-order valence-corrected chi connectivity index (χ1v) is 8.00. The molecule has 0 spiro atoms. The number of aromatic nitrogens is 3. The number of carbonyl (C=O) groups excluding carboxylic acids is 1. The first-order chi connectivity index (χ1) is 11.0. The number of nitrogens with zero attached hydrogens (tertiary/aromatic N) is 4. The number of nitro groups is 1. The maximum absolute atomic E-state index is 11.9. The lowest BCUT2D eigenvalue weighted by molar-refractivity contribution is -0.385. The summed E-state index contributed by atoms with van der Waals surface area (Å²) in [6, 6.07) is -0.425. The van der Waals surface area contributed by atoms with Crippen molar-refractivity contribution < 1.29 is 9.72 Å². The SMILES string of the molecule is CCC(NC(=O)NCCn1cc([N+](=O)[O-])cn1)c1nc(C)cs1. The van der Waals surface area contributed by atoms with Crippen molar-refractivity contribution in [2.45, 2.75) is 32.9 Å². The lowest BCUT2D eigenvalue weighted by Gasteiger charge is -2.15. The van der Waals surface area contributed by atoms with E-state index >= 15 is 0 Å². The molecule has 0 aliphatic carbocycles. The number of urea groups is 1. The summed E-state index contributed by atoms with van der Waals surface area (Å²) in [5, 5.41) is 22.8. The van der Waals surface area contributed by atoms with Crippen LogP contribution in [-0.4, -0.2) is 32.3 Å². The second-order valence-electron chi connectivity index (χ2n) is 4.91. The monoisotopic (exact) mass is 338 g/mol. The highest BCUT2D eigenvalue weighted by Gasteiger charge is 2.15. The summed E-state index contributed by atoms with van der Waals surface area (Å²) in [5.74, 6) is 0. The van der Waals surface area contributed by atoms with Crippen molar-refractivity contribution in [1.29, 1.82) is 0 Å². The normalized spacial score (nSPS) is 11.9. The third-order valence-electron chi connectivity index (χ3n) is 3.11. The summed E-state index contributed by atoms with van der Waals surface area (Å²) < 4.78 is 1.42. The number of nitrogens with one attached hydrogen (secondary N) is 2. The molecule has 0 radical (unpaired) electrons. The molecule has 1 atom stereocenters. The minimum Gasteiger partial charge on any atom is -0.336 e. The van der Waals surface area contributed by atoms with E-state index in [-0.39, 0.29) is 17.8 Å². The minimum atomic E-state index is -0.508. The number of carbonyl (C=O) groups is 1. The van der Waals surface area contributed by atoms with Gasteiger partial charge in [-0.1, -0.05) is 6.92 Å². The summed E-state index contributed by atoms with van der Waals surface area (Å²) in [4.78, 5) is 26.3. The van der Waals surface area contributed by atoms with Gasteiger partial charge >= 0.3 is 11.7 Å². The Hall–Kier alpha value is -2.49. The van der Waals surface area contributed by atoms with Crippen LogP contribution in [0.4, 0.5) is 10.5 Å². The van der Waals surface area contributed by atoms with Crippen molar-refractivity contribution in [3.63, 3.8) is 0 Å². The summed E-state index contributed by atoms with van der Waals surface area (Å²) >= 11 is 1.52. The average Bonchev–Trinajstić information content (AvgIpc) is 3.14. The van der Waals surface area contributed by atoms with Crippen LogP contribution in [-0.2, 0) is 6.54 Å². The quantitative estimate of drug-likeness (QED) is 0.592. The minimum absolute atomic E-state index is 0.0698. The molecular formula is C13H18N6O3S. The third kappa shape index (κ3) is 4.74. The molecule has 9 nitrogen and oxygen atoms in total. The van der Waals surface area contributed by atoms with Gasteiger partial charge in [0.2, 0.25) is 0 Å². The standard InChI is InChI=1S/C13H18N6O3S/c1-3-11(12-16-9(2)8-23-12)17-13(20)14-4-5-18-7-10(6-15-18)19(21)22/h6-8,11H,3-5H2,1-2H3,(H2,14,17,20). The van der Waals surface area contributed by atoms with E-state index in [1.165, 1.54) is 28.4 Å². The van der Waals surface area contributed by atoms with E-state index < -0.39 is 4.92 Å². The van der Waals surface area contributed by atoms with E-state index in [1.807, 2.05) is 19.2 Å². The predicted molar refractivity (Wildman–Crippen MR) is 85.3 cm³/mol. The molecule has 0 fully saturated rings. The maximum atomic E-state index is 11.9. The van der Waals surface area contributed by atoms with Gasteiger partial charge in [-0.3, -0.25) is 14.8 Å². The molecule has 1 unspecified atom stereocenters. The zero-order chi connectivity index (χ0) is 16.8. The van der Waals surface area contributed by atoms with Gasteiger partial charge in [-0.2, -0.15) is 5.10 Å². The Morgan fingerprint density at radius 1 is 1.57 bits per heavy atom. The van der Waals surface area contributed by atoms with Gasteiger partial charge < -0.3 is 10.6 Å². The lowest BCUT2D eigenvalue weighted by atomic mass is 10.2. The number of amides is 2. The van der Waals surface area contributed by atoms with Crippen LogP contribution in [0, 0.1) is 17.0 Å². The Morgan fingerprint density at radius 2 is 2.35 bits per heavy atom. The lowest BCUT2D eigenvalue weighted by Crippen LogP contribution is -2.39. The molecule has 2 aromatic rings. The Labute approximate surface area is 136 Å². The first-order valence-electron chi connectivity index (χ1n) is 7.12. The number of aryl methyl sites for hydroxylation is 1. The summed E-state index contributed by atoms with van der Waals surface area (Å²) in [7, 11) is 0. The van der Waals surface area contributed by atoms with Gasteiger partial charge in [0.25, 0.3) is 0 Å². The van der Waals surface area contributed by atoms with Crippen LogP contribution in [0.5, 0.6) is 0 Å². The van der Waals surface area contributed by atoms with Gasteiger partial charge in [0.15, 0.2) is 0 Å². The molecule has 2 rings (SSSR count). The predicted octanol–water partition coefficient (Wildman–Crippen LogP) is 2.01. The number of hydrogen-bond donors (Lipinski definition) is 2. The molecular weight excluding hydrogens is 320 g/mol. The zero-order valence-electron chi connectivity index (χ0n) is 12.9. The second-order valence-corrected chi connectivity index (χ2v) is 5.80. The topological polar surface area (TPSA) is 115 Å². The molecule has 0 bridgehead atoms. The number of thiazole rings is 1. The zero-order valence-corrected chi connectivity index (χ0v) is 13.7. The van der Waals surface area contributed by atoms with E-state index in [4.69, 9.17) is 0 Å². The fourth-order valence-corrected chi connectivity index (χ4v) is 2.86. The Kier molecular flexibility index (Phi) is 5.63. The largest absolute Gasteiger partial charge is 0.336 e. The van der Waals surface area contributed by atoms with Gasteiger partial charge in [-0.25, -0.2) is 9.78 Å². The smallest absolute Gasteiger partial charge is 0.315 e. The molecule has 0 saturated heterocycles. The fraction of sp³-hybridized carbons (Fsp3) is 0.462. The highest BCUT2D eigenvalue weighted by Crippen LogP contribution is 2.20. The molecule has 0 aromatic carbocycles. The van der Waals surface area contributed by atoms with E-state index in [2.05, 4.69) is 20.7 Å². The number of rotatable bonds is 7. The summed E-state index contributed by atoms with van der Waals surface area (Å²) in [6.07, 6.45) is 3.25. The molecule has 2 amide bonds. The molecule has 2 aromatic heterocycles. The van der Waals surface area contributed by atoms with E-state index in [0.717, 1.165) is 17.1 Å². The maximum Gasteiger partial charge on any atom is 0.315 e. The molecule has 0 aliphatic heterocycles. The van der Waals surface area contributed by atoms with E-state index in [0.29, 0.717) is 13.1 Å². The molecule has 2 heterocycles. The van der Waals surface area contributed by atoms with Crippen LogP contribution >= 0.6 is 11.3 Å². The van der Waals surface area contributed by atoms with Crippen LogP contribution in [0.2, 0.25) is 0 Å². The van der Waals surface area contributed by atoms with Gasteiger partial charge in [0, 0.05) is 17.6 Å². The highest BCUT2D eigenvalue weighted by atomic mass is 32.1.